The minimum Gasteiger partial charge on any atom is -0.384 e. The lowest BCUT2D eigenvalue weighted by atomic mass is 10.2. The van der Waals surface area contributed by atoms with Crippen LogP contribution < -0.4 is 0 Å². The average molecular weight is 214 g/mol. The van der Waals surface area contributed by atoms with Crippen LogP contribution in [-0.2, 0) is 5.60 Å². The van der Waals surface area contributed by atoms with Gasteiger partial charge in [-0.05, 0) is 40.9 Å². The van der Waals surface area contributed by atoms with Crippen LogP contribution in [0, 0.1) is 0 Å². The van der Waals surface area contributed by atoms with Crippen molar-refractivity contribution in [1.82, 2.24) is 4.98 Å². The number of hydrogen-bond acceptors (Lipinski definition) is 2. The summed E-state index contributed by atoms with van der Waals surface area (Å²) in [7, 11) is 0. The van der Waals surface area contributed by atoms with Gasteiger partial charge in [-0.2, -0.15) is 0 Å². The van der Waals surface area contributed by atoms with Crippen molar-refractivity contribution in [2.75, 3.05) is 0 Å². The highest BCUT2D eigenvalue weighted by Crippen LogP contribution is 2.44. The van der Waals surface area contributed by atoms with Crippen molar-refractivity contribution in [2.45, 2.75) is 18.4 Å². The molecule has 1 aromatic rings. The molecule has 1 aromatic heterocycles. The van der Waals surface area contributed by atoms with Gasteiger partial charge in [0, 0.05) is 10.7 Å². The average Bonchev–Trinajstić information content (AvgIpc) is 2.70. The van der Waals surface area contributed by atoms with Gasteiger partial charge in [-0.15, -0.1) is 0 Å². The molecule has 0 radical (unpaired) electrons. The zero-order valence-electron chi connectivity index (χ0n) is 5.92. The van der Waals surface area contributed by atoms with Gasteiger partial charge < -0.3 is 5.11 Å². The highest BCUT2D eigenvalue weighted by Gasteiger charge is 2.43. The van der Waals surface area contributed by atoms with Crippen molar-refractivity contribution in [3.63, 3.8) is 0 Å². The Morgan fingerprint density at radius 2 is 2.18 bits per heavy atom. The van der Waals surface area contributed by atoms with Crippen LogP contribution in [0.15, 0.2) is 22.8 Å². The van der Waals surface area contributed by atoms with Crippen molar-refractivity contribution in [3.8, 4) is 0 Å². The zero-order valence-corrected chi connectivity index (χ0v) is 7.50. The lowest BCUT2D eigenvalue weighted by molar-refractivity contribution is 0.146. The second-order valence-corrected chi connectivity index (χ2v) is 3.81. The van der Waals surface area contributed by atoms with E-state index in [-0.39, 0.29) is 0 Å². The molecule has 0 amide bonds. The second-order valence-electron chi connectivity index (χ2n) is 2.89. The van der Waals surface area contributed by atoms with Crippen molar-refractivity contribution in [3.05, 3.63) is 28.5 Å². The van der Waals surface area contributed by atoms with E-state index < -0.39 is 5.60 Å². The summed E-state index contributed by atoms with van der Waals surface area (Å²) in [5.74, 6) is 0. The zero-order chi connectivity index (χ0) is 7.90. The van der Waals surface area contributed by atoms with Gasteiger partial charge in [-0.25, -0.2) is 0 Å². The first-order valence-corrected chi connectivity index (χ1v) is 4.34. The van der Waals surface area contributed by atoms with Gasteiger partial charge >= 0.3 is 0 Å². The minimum atomic E-state index is -0.597. The lowest BCUT2D eigenvalue weighted by Crippen LogP contribution is -2.05. The fourth-order valence-electron chi connectivity index (χ4n) is 1.03. The van der Waals surface area contributed by atoms with E-state index in [1.807, 2.05) is 12.1 Å². The molecule has 0 aliphatic heterocycles. The summed E-state index contributed by atoms with van der Waals surface area (Å²) in [5, 5.41) is 9.61. The molecule has 0 aromatic carbocycles. The van der Waals surface area contributed by atoms with Gasteiger partial charge in [0.25, 0.3) is 0 Å². The standard InChI is InChI=1S/C8H8BrNO/c9-6-1-2-7(10-5-6)8(11)3-4-8/h1-2,5,11H,3-4H2. The van der Waals surface area contributed by atoms with Crippen LogP contribution in [0.25, 0.3) is 0 Å². The van der Waals surface area contributed by atoms with E-state index >= 15 is 0 Å². The molecule has 1 aliphatic rings. The van der Waals surface area contributed by atoms with E-state index in [4.69, 9.17) is 0 Å². The van der Waals surface area contributed by atoms with Crippen LogP contribution in [0.1, 0.15) is 18.5 Å². The van der Waals surface area contributed by atoms with E-state index in [2.05, 4.69) is 20.9 Å². The molecule has 1 heterocycles. The number of hydrogen-bond donors (Lipinski definition) is 1. The van der Waals surface area contributed by atoms with Crippen LogP contribution in [-0.4, -0.2) is 10.1 Å². The maximum absolute atomic E-state index is 9.61. The first kappa shape index (κ1) is 7.25. The summed E-state index contributed by atoms with van der Waals surface area (Å²) in [6.45, 7) is 0. The Labute approximate surface area is 73.4 Å². The van der Waals surface area contributed by atoms with Crippen LogP contribution >= 0.6 is 15.9 Å². The number of aliphatic hydroxyl groups is 1. The molecule has 0 bridgehead atoms. The largest absolute Gasteiger partial charge is 0.384 e. The van der Waals surface area contributed by atoms with E-state index in [9.17, 15) is 5.11 Å². The van der Waals surface area contributed by atoms with E-state index in [0.29, 0.717) is 0 Å². The molecule has 1 aliphatic carbocycles. The summed E-state index contributed by atoms with van der Waals surface area (Å²) in [5.41, 5.74) is 0.196. The highest BCUT2D eigenvalue weighted by molar-refractivity contribution is 9.10. The van der Waals surface area contributed by atoms with Crippen molar-refractivity contribution < 1.29 is 5.11 Å². The molecule has 1 fully saturated rings. The third kappa shape index (κ3) is 1.30. The number of halogens is 1. The molecule has 11 heavy (non-hydrogen) atoms. The fraction of sp³-hybridized carbons (Fsp3) is 0.375. The Bertz CT molecular complexity index is 266. The molecule has 3 heteroatoms. The third-order valence-corrected chi connectivity index (χ3v) is 2.40. The van der Waals surface area contributed by atoms with Crippen molar-refractivity contribution in [1.29, 1.82) is 0 Å². The molecule has 1 N–H and O–H groups in total. The van der Waals surface area contributed by atoms with Crippen LogP contribution in [0.5, 0.6) is 0 Å². The predicted octanol–water partition coefficient (Wildman–Crippen LogP) is 1.83. The van der Waals surface area contributed by atoms with E-state index in [0.717, 1.165) is 23.0 Å². The van der Waals surface area contributed by atoms with Gasteiger partial charge in [0.2, 0.25) is 0 Å². The van der Waals surface area contributed by atoms with Gasteiger partial charge in [-0.1, -0.05) is 0 Å². The summed E-state index contributed by atoms with van der Waals surface area (Å²) in [6, 6.07) is 3.76. The Morgan fingerprint density at radius 1 is 1.45 bits per heavy atom. The number of nitrogens with zero attached hydrogens (tertiary/aromatic N) is 1. The van der Waals surface area contributed by atoms with Gasteiger partial charge in [0.1, 0.15) is 5.60 Å². The quantitative estimate of drug-likeness (QED) is 0.773. The SMILES string of the molecule is OC1(c2ccc(Br)cn2)CC1. The number of rotatable bonds is 1. The molecular weight excluding hydrogens is 206 g/mol. The van der Waals surface area contributed by atoms with Crippen LogP contribution in [0.2, 0.25) is 0 Å². The Hall–Kier alpha value is -0.410. The predicted molar refractivity (Wildman–Crippen MR) is 45.1 cm³/mol. The molecule has 1 saturated carbocycles. The summed E-state index contributed by atoms with van der Waals surface area (Å²) in [4.78, 5) is 4.12. The lowest BCUT2D eigenvalue weighted by Gasteiger charge is -2.04. The molecule has 2 rings (SSSR count). The Balaban J connectivity index is 2.33. The van der Waals surface area contributed by atoms with E-state index in [1.54, 1.807) is 6.20 Å². The topological polar surface area (TPSA) is 33.1 Å². The molecule has 0 unspecified atom stereocenters. The summed E-state index contributed by atoms with van der Waals surface area (Å²) in [6.07, 6.45) is 3.41. The minimum absolute atomic E-state index is 0.597. The van der Waals surface area contributed by atoms with Crippen molar-refractivity contribution >= 4 is 15.9 Å². The Morgan fingerprint density at radius 3 is 2.64 bits per heavy atom. The summed E-state index contributed by atoms with van der Waals surface area (Å²) >= 11 is 3.29. The van der Waals surface area contributed by atoms with Gasteiger partial charge in [-0.3, -0.25) is 4.98 Å². The van der Waals surface area contributed by atoms with Crippen LogP contribution in [0.4, 0.5) is 0 Å². The molecular formula is C8H8BrNO. The monoisotopic (exact) mass is 213 g/mol. The fourth-order valence-corrected chi connectivity index (χ4v) is 1.26. The summed E-state index contributed by atoms with van der Waals surface area (Å²) < 4.78 is 0.950. The van der Waals surface area contributed by atoms with Crippen LogP contribution in [0.3, 0.4) is 0 Å². The molecule has 0 spiro atoms. The maximum atomic E-state index is 9.61. The first-order valence-electron chi connectivity index (χ1n) is 3.55. The van der Waals surface area contributed by atoms with E-state index in [1.165, 1.54) is 0 Å². The second kappa shape index (κ2) is 2.29. The molecule has 0 atom stereocenters. The van der Waals surface area contributed by atoms with Gasteiger partial charge in [0.05, 0.1) is 5.69 Å². The molecule has 58 valence electrons. The smallest absolute Gasteiger partial charge is 0.107 e. The van der Waals surface area contributed by atoms with Crippen molar-refractivity contribution in [2.24, 2.45) is 0 Å². The Kier molecular flexibility index (Phi) is 1.51. The van der Waals surface area contributed by atoms with Gasteiger partial charge in [0.15, 0.2) is 0 Å². The normalized spacial score (nSPS) is 19.8. The molecule has 2 nitrogen and oxygen atoms in total. The highest BCUT2D eigenvalue weighted by atomic mass is 79.9. The number of aromatic nitrogens is 1. The number of pyridine rings is 1. The molecule has 0 saturated heterocycles. The third-order valence-electron chi connectivity index (χ3n) is 1.93. The maximum Gasteiger partial charge on any atom is 0.107 e. The first-order chi connectivity index (χ1) is 5.21.